The maximum atomic E-state index is 6.11. The quantitative estimate of drug-likeness (QED) is 0.764. The van der Waals surface area contributed by atoms with Gasteiger partial charge in [-0.1, -0.05) is 53.5 Å². The van der Waals surface area contributed by atoms with Crippen LogP contribution in [0.15, 0.2) is 40.8 Å². The Morgan fingerprint density at radius 2 is 1.95 bits per heavy atom. The highest BCUT2D eigenvalue weighted by Gasteiger charge is 2.21. The van der Waals surface area contributed by atoms with Gasteiger partial charge in [0.25, 0.3) is 0 Å². The molecule has 2 aromatic heterocycles. The number of nitrogens with zero attached hydrogens (tertiary/aromatic N) is 2. The van der Waals surface area contributed by atoms with Crippen LogP contribution in [-0.2, 0) is 0 Å². The van der Waals surface area contributed by atoms with Gasteiger partial charge in [-0.3, -0.25) is 0 Å². The predicted octanol–water partition coefficient (Wildman–Crippen LogP) is 4.41. The van der Waals surface area contributed by atoms with Crippen LogP contribution in [0.25, 0.3) is 11.5 Å². The highest BCUT2D eigenvalue weighted by atomic mass is 35.5. The Morgan fingerprint density at radius 3 is 2.57 bits per heavy atom. The monoisotopic (exact) mass is 339 g/mol. The molecule has 1 aromatic carbocycles. The van der Waals surface area contributed by atoms with E-state index >= 15 is 0 Å². The molecule has 0 saturated carbocycles. The molecule has 0 spiro atoms. The number of rotatable bonds is 4. The molecule has 0 fully saturated rings. The molecule has 4 nitrogen and oxygen atoms in total. The van der Waals surface area contributed by atoms with Gasteiger partial charge < -0.3 is 9.73 Å². The summed E-state index contributed by atoms with van der Waals surface area (Å²) in [5.41, 5.74) is 1.71. The first-order valence-corrected chi connectivity index (χ1v) is 7.77. The summed E-state index contributed by atoms with van der Waals surface area (Å²) in [5.74, 6) is 0.853. The van der Waals surface area contributed by atoms with Crippen LogP contribution >= 0.6 is 34.5 Å². The first-order valence-electron chi connectivity index (χ1n) is 6.20. The van der Waals surface area contributed by atoms with E-state index in [0.717, 1.165) is 5.56 Å². The van der Waals surface area contributed by atoms with Gasteiger partial charge in [-0.25, -0.2) is 0 Å². The van der Waals surface area contributed by atoms with Gasteiger partial charge in [0, 0.05) is 0 Å². The summed E-state index contributed by atoms with van der Waals surface area (Å²) in [6, 6.07) is 11.4. The molecular formula is C14H11Cl2N3OS. The van der Waals surface area contributed by atoms with Crippen LogP contribution < -0.4 is 5.32 Å². The van der Waals surface area contributed by atoms with Gasteiger partial charge in [0.1, 0.15) is 10.4 Å². The first-order chi connectivity index (χ1) is 10.2. The average Bonchev–Trinajstić information content (AvgIpc) is 3.08. The Labute approximate surface area is 135 Å². The van der Waals surface area contributed by atoms with E-state index in [1.54, 1.807) is 6.07 Å². The van der Waals surface area contributed by atoms with Gasteiger partial charge in [0.05, 0.1) is 9.90 Å². The fourth-order valence-corrected chi connectivity index (χ4v) is 3.47. The lowest BCUT2D eigenvalue weighted by molar-refractivity contribution is 0.456. The Bertz CT molecular complexity index is 742. The van der Waals surface area contributed by atoms with Crippen LogP contribution in [0.5, 0.6) is 0 Å². The zero-order valence-electron chi connectivity index (χ0n) is 11.0. The third kappa shape index (κ3) is 2.96. The number of hydrogen-bond donors (Lipinski definition) is 1. The SMILES string of the molecule is CNC(c1ccccc1)c1nnc(-c2cc(Cl)sc2Cl)o1. The summed E-state index contributed by atoms with van der Waals surface area (Å²) in [5, 5.41) is 11.3. The van der Waals surface area contributed by atoms with Crippen LogP contribution in [0.4, 0.5) is 0 Å². The van der Waals surface area contributed by atoms with Crippen molar-refractivity contribution in [3.05, 3.63) is 56.5 Å². The van der Waals surface area contributed by atoms with Crippen molar-refractivity contribution in [2.24, 2.45) is 0 Å². The van der Waals surface area contributed by atoms with Crippen molar-refractivity contribution in [1.29, 1.82) is 0 Å². The fraction of sp³-hybridized carbons (Fsp3) is 0.143. The summed E-state index contributed by atoms with van der Waals surface area (Å²) >= 11 is 13.3. The molecule has 0 aliphatic carbocycles. The highest BCUT2D eigenvalue weighted by Crippen LogP contribution is 2.38. The van der Waals surface area contributed by atoms with E-state index in [1.165, 1.54) is 11.3 Å². The third-order valence-corrected chi connectivity index (χ3v) is 4.48. The molecule has 108 valence electrons. The summed E-state index contributed by atoms with van der Waals surface area (Å²) in [7, 11) is 1.84. The van der Waals surface area contributed by atoms with Crippen molar-refractivity contribution in [2.45, 2.75) is 6.04 Å². The van der Waals surface area contributed by atoms with Gasteiger partial charge in [-0.15, -0.1) is 21.5 Å². The zero-order chi connectivity index (χ0) is 14.8. The first kappa shape index (κ1) is 14.5. The predicted molar refractivity (Wildman–Crippen MR) is 85.0 cm³/mol. The minimum absolute atomic E-state index is 0.166. The van der Waals surface area contributed by atoms with Crippen LogP contribution in [0.3, 0.4) is 0 Å². The number of thiophene rings is 1. The molecule has 0 aliphatic heterocycles. The molecule has 1 unspecified atom stereocenters. The van der Waals surface area contributed by atoms with Gasteiger partial charge in [0.15, 0.2) is 0 Å². The molecule has 0 saturated heterocycles. The molecular weight excluding hydrogens is 329 g/mol. The maximum absolute atomic E-state index is 6.11. The van der Waals surface area contributed by atoms with Crippen LogP contribution in [0, 0.1) is 0 Å². The topological polar surface area (TPSA) is 51.0 Å². The van der Waals surface area contributed by atoms with Gasteiger partial charge in [-0.05, 0) is 18.7 Å². The van der Waals surface area contributed by atoms with E-state index in [4.69, 9.17) is 27.6 Å². The zero-order valence-corrected chi connectivity index (χ0v) is 13.3. The number of nitrogens with one attached hydrogen (secondary N) is 1. The average molecular weight is 340 g/mol. The van der Waals surface area contributed by atoms with Crippen molar-refractivity contribution in [3.63, 3.8) is 0 Å². The fourth-order valence-electron chi connectivity index (χ4n) is 2.02. The molecule has 0 amide bonds. The molecule has 3 rings (SSSR count). The summed E-state index contributed by atoms with van der Waals surface area (Å²) in [6.07, 6.45) is 0. The van der Waals surface area contributed by atoms with Crippen molar-refractivity contribution in [2.75, 3.05) is 7.05 Å². The molecule has 0 bridgehead atoms. The number of benzene rings is 1. The van der Waals surface area contributed by atoms with E-state index in [-0.39, 0.29) is 6.04 Å². The van der Waals surface area contributed by atoms with Crippen molar-refractivity contribution in [1.82, 2.24) is 15.5 Å². The molecule has 3 aromatic rings. The van der Waals surface area contributed by atoms with Crippen LogP contribution in [0.1, 0.15) is 17.5 Å². The van der Waals surface area contributed by atoms with Crippen LogP contribution in [-0.4, -0.2) is 17.2 Å². The third-order valence-electron chi connectivity index (χ3n) is 3.00. The molecule has 1 atom stereocenters. The molecule has 1 N–H and O–H groups in total. The normalized spacial score (nSPS) is 12.5. The molecule has 2 heterocycles. The van der Waals surface area contributed by atoms with Crippen molar-refractivity contribution in [3.8, 4) is 11.5 Å². The Morgan fingerprint density at radius 1 is 1.19 bits per heavy atom. The summed E-state index contributed by atoms with van der Waals surface area (Å²) in [6.45, 7) is 0. The lowest BCUT2D eigenvalue weighted by Crippen LogP contribution is -2.17. The second-order valence-corrected chi connectivity index (χ2v) is 6.60. The van der Waals surface area contributed by atoms with E-state index < -0.39 is 0 Å². The van der Waals surface area contributed by atoms with Crippen molar-refractivity contribution >= 4 is 34.5 Å². The van der Waals surface area contributed by atoms with Gasteiger partial charge in [-0.2, -0.15) is 0 Å². The van der Waals surface area contributed by atoms with Crippen molar-refractivity contribution < 1.29 is 4.42 Å². The second kappa shape index (κ2) is 6.15. The smallest absolute Gasteiger partial charge is 0.250 e. The Balaban J connectivity index is 1.95. The van der Waals surface area contributed by atoms with Crippen LogP contribution in [0.2, 0.25) is 8.67 Å². The molecule has 21 heavy (non-hydrogen) atoms. The number of hydrogen-bond acceptors (Lipinski definition) is 5. The van der Waals surface area contributed by atoms with E-state index in [0.29, 0.717) is 26.0 Å². The number of halogens is 2. The van der Waals surface area contributed by atoms with Gasteiger partial charge >= 0.3 is 0 Å². The minimum atomic E-state index is -0.166. The summed E-state index contributed by atoms with van der Waals surface area (Å²) < 4.78 is 6.87. The Kier molecular flexibility index (Phi) is 4.26. The molecule has 0 aliphatic rings. The van der Waals surface area contributed by atoms with Gasteiger partial charge in [0.2, 0.25) is 11.8 Å². The standard InChI is InChI=1S/C14H11Cl2N3OS/c1-17-11(8-5-3-2-4-6-8)14-19-18-13(20-14)9-7-10(15)21-12(9)16/h2-7,11,17H,1H3. The largest absolute Gasteiger partial charge is 0.419 e. The van der Waals surface area contributed by atoms with E-state index in [1.807, 2.05) is 37.4 Å². The summed E-state index contributed by atoms with van der Waals surface area (Å²) in [4.78, 5) is 0. The molecule has 0 radical (unpaired) electrons. The van der Waals surface area contributed by atoms with E-state index in [2.05, 4.69) is 15.5 Å². The second-order valence-electron chi connectivity index (χ2n) is 4.32. The maximum Gasteiger partial charge on any atom is 0.250 e. The molecule has 7 heteroatoms. The highest BCUT2D eigenvalue weighted by molar-refractivity contribution is 7.20. The minimum Gasteiger partial charge on any atom is -0.419 e. The lowest BCUT2D eigenvalue weighted by atomic mass is 10.1. The number of aromatic nitrogens is 2. The Hall–Kier alpha value is -1.40. The lowest BCUT2D eigenvalue weighted by Gasteiger charge is -2.11. The van der Waals surface area contributed by atoms with E-state index in [9.17, 15) is 0 Å².